The minimum Gasteiger partial charge on any atom is -0.507 e. The SMILES string of the molecule is CO[C@H]1OCCN2[C@@H]1O[C@@H]1[C@H](C)O[C@@H](O[C@H]3C[C@](O)(C(=O)COC4CCCC(COCC(=O)O)O4)Cc4c(O)c5c(c(O)c43)C(=O)c3c(N)cccc3C5=O)C[C@@H]12. The molecule has 2 aromatic rings. The summed E-state index contributed by atoms with van der Waals surface area (Å²) in [6.45, 7) is 1.68. The quantitative estimate of drug-likeness (QED) is 0.135. The number of carboxylic acid groups (broad SMARTS) is 1. The Morgan fingerprint density at radius 3 is 2.58 bits per heavy atom. The number of anilines is 1. The highest BCUT2D eigenvalue weighted by Crippen LogP contribution is 2.53. The van der Waals surface area contributed by atoms with Crippen molar-refractivity contribution in [2.75, 3.05) is 45.8 Å². The average molecular weight is 799 g/mol. The van der Waals surface area contributed by atoms with E-state index in [0.29, 0.717) is 32.4 Å². The van der Waals surface area contributed by atoms with Gasteiger partial charge in [-0.1, -0.05) is 12.1 Å². The van der Waals surface area contributed by atoms with Gasteiger partial charge in [0.1, 0.15) is 36.4 Å². The van der Waals surface area contributed by atoms with Crippen LogP contribution in [0.3, 0.4) is 0 Å². The molecule has 10 atom stereocenters. The van der Waals surface area contributed by atoms with Crippen molar-refractivity contribution < 1.29 is 77.5 Å². The van der Waals surface area contributed by atoms with Crippen LogP contribution in [-0.2, 0) is 53.9 Å². The number of benzene rings is 2. The minimum absolute atomic E-state index is 0.0111. The molecule has 0 radical (unpaired) electrons. The maximum atomic E-state index is 14.0. The van der Waals surface area contributed by atoms with Gasteiger partial charge in [-0.3, -0.25) is 19.3 Å². The molecule has 57 heavy (non-hydrogen) atoms. The van der Waals surface area contributed by atoms with Gasteiger partial charge in [0.2, 0.25) is 0 Å². The lowest BCUT2D eigenvalue weighted by Gasteiger charge is -2.43. The van der Waals surface area contributed by atoms with E-state index < -0.39 is 121 Å². The van der Waals surface area contributed by atoms with Crippen molar-refractivity contribution in [3.63, 3.8) is 0 Å². The number of carbonyl (C=O) groups is 4. The van der Waals surface area contributed by atoms with Crippen molar-refractivity contribution in [1.29, 1.82) is 0 Å². The number of fused-ring (bicyclic) bond motifs is 6. The number of phenolic OH excluding ortho intramolecular Hbond substituents is 2. The van der Waals surface area contributed by atoms with Crippen LogP contribution in [0.5, 0.6) is 11.5 Å². The van der Waals surface area contributed by atoms with Gasteiger partial charge < -0.3 is 64.1 Å². The Labute approximate surface area is 326 Å². The highest BCUT2D eigenvalue weighted by molar-refractivity contribution is 6.32. The third kappa shape index (κ3) is 7.11. The van der Waals surface area contributed by atoms with E-state index in [9.17, 15) is 34.5 Å². The number of carbonyl (C=O) groups excluding carboxylic acids is 3. The first-order chi connectivity index (χ1) is 27.3. The van der Waals surface area contributed by atoms with Crippen LogP contribution in [0.1, 0.15) is 88.1 Å². The van der Waals surface area contributed by atoms with Gasteiger partial charge in [-0.05, 0) is 32.3 Å². The number of nitrogens with zero attached hydrogens (tertiary/aromatic N) is 1. The van der Waals surface area contributed by atoms with Crippen molar-refractivity contribution in [2.45, 2.75) is 107 Å². The second-order valence-electron chi connectivity index (χ2n) is 15.3. The lowest BCUT2D eigenvalue weighted by Crippen LogP contribution is -2.55. The number of ether oxygens (including phenoxy) is 8. The molecule has 6 N–H and O–H groups in total. The normalized spacial score (nSPS) is 33.5. The Kier molecular flexibility index (Phi) is 10.9. The summed E-state index contributed by atoms with van der Waals surface area (Å²) in [5.41, 5.74) is 2.52. The van der Waals surface area contributed by atoms with Gasteiger partial charge in [0, 0.05) is 61.3 Å². The zero-order valence-electron chi connectivity index (χ0n) is 31.4. The maximum absolute atomic E-state index is 14.0. The first-order valence-corrected chi connectivity index (χ1v) is 19.1. The van der Waals surface area contributed by atoms with Gasteiger partial charge >= 0.3 is 5.97 Å². The van der Waals surface area contributed by atoms with E-state index in [-0.39, 0.29) is 53.1 Å². The number of aromatic hydroxyl groups is 2. The summed E-state index contributed by atoms with van der Waals surface area (Å²) in [6.07, 6.45) is -4.72. The summed E-state index contributed by atoms with van der Waals surface area (Å²) in [6, 6.07) is 4.12. The number of methoxy groups -OCH3 is 1. The summed E-state index contributed by atoms with van der Waals surface area (Å²) in [5, 5.41) is 44.9. The minimum atomic E-state index is -2.27. The molecule has 4 saturated heterocycles. The molecule has 18 nitrogen and oxygen atoms in total. The third-order valence-corrected chi connectivity index (χ3v) is 11.8. The molecular weight excluding hydrogens is 752 g/mol. The Morgan fingerprint density at radius 2 is 1.81 bits per heavy atom. The van der Waals surface area contributed by atoms with E-state index in [0.717, 1.165) is 0 Å². The molecule has 2 aliphatic carbocycles. The van der Waals surface area contributed by atoms with Crippen LogP contribution in [0.2, 0.25) is 0 Å². The number of carboxylic acids is 1. The monoisotopic (exact) mass is 798 g/mol. The van der Waals surface area contributed by atoms with E-state index in [2.05, 4.69) is 4.90 Å². The van der Waals surface area contributed by atoms with Gasteiger partial charge in [-0.25, -0.2) is 4.79 Å². The lowest BCUT2D eigenvalue weighted by molar-refractivity contribution is -0.256. The van der Waals surface area contributed by atoms with E-state index in [1.165, 1.54) is 25.3 Å². The number of hydrogen-bond acceptors (Lipinski definition) is 17. The predicted octanol–water partition coefficient (Wildman–Crippen LogP) is 1.31. The van der Waals surface area contributed by atoms with Gasteiger partial charge in [0.15, 0.2) is 42.4 Å². The van der Waals surface area contributed by atoms with Crippen molar-refractivity contribution in [3.8, 4) is 11.5 Å². The van der Waals surface area contributed by atoms with Crippen LogP contribution in [0.15, 0.2) is 18.2 Å². The fourth-order valence-corrected chi connectivity index (χ4v) is 9.12. The number of ketones is 3. The largest absolute Gasteiger partial charge is 0.507 e. The van der Waals surface area contributed by atoms with Crippen molar-refractivity contribution in [2.24, 2.45) is 0 Å². The molecule has 0 amide bonds. The molecule has 0 aromatic heterocycles. The number of hydrogen-bond donors (Lipinski definition) is 5. The average Bonchev–Trinajstić information content (AvgIpc) is 3.56. The molecular formula is C39H46N2O16. The van der Waals surface area contributed by atoms with Crippen molar-refractivity contribution in [1.82, 2.24) is 4.90 Å². The molecule has 0 bridgehead atoms. The van der Waals surface area contributed by atoms with Crippen molar-refractivity contribution in [3.05, 3.63) is 51.6 Å². The molecule has 2 unspecified atom stereocenters. The number of aliphatic hydroxyl groups is 1. The topological polar surface area (TPSA) is 252 Å². The van der Waals surface area contributed by atoms with Crippen LogP contribution in [0.25, 0.3) is 0 Å². The standard InChI is InChI=1S/C39H46N2O16/c1-17-36-22(41-9-10-52-38(50-2)37(41)57-36)11-27(54-17)56-23-13-39(49,24(42)15-53-26-8-3-5-18(55-26)14-51-16-25(43)44)12-20-29(23)35(48)31-30(33(20)46)32(45)19-6-4-7-21(40)28(19)34(31)47/h4,6-7,17-18,22-23,26-27,36-38,46,48-49H,3,5,8-16,40H2,1-2H3,(H,43,44)/t17-,18?,22-,23-,26?,27-,36+,37+,38-,39-/m0/s1. The molecule has 4 aliphatic heterocycles. The Balaban J connectivity index is 1.10. The maximum Gasteiger partial charge on any atom is 0.329 e. The Morgan fingerprint density at radius 1 is 1.02 bits per heavy atom. The first kappa shape index (κ1) is 39.7. The molecule has 0 spiro atoms. The van der Waals surface area contributed by atoms with Crippen LogP contribution >= 0.6 is 0 Å². The molecule has 6 aliphatic rings. The fraction of sp³-hybridized carbons (Fsp3) is 0.590. The fourth-order valence-electron chi connectivity index (χ4n) is 9.12. The number of rotatable bonds is 11. The van der Waals surface area contributed by atoms with Crippen LogP contribution < -0.4 is 5.73 Å². The number of nitrogen functional groups attached to an aromatic ring is 1. The van der Waals surface area contributed by atoms with Gasteiger partial charge in [-0.2, -0.15) is 0 Å². The smallest absolute Gasteiger partial charge is 0.329 e. The van der Waals surface area contributed by atoms with Gasteiger partial charge in [-0.15, -0.1) is 0 Å². The molecule has 8 rings (SSSR count). The summed E-state index contributed by atoms with van der Waals surface area (Å²) in [4.78, 5) is 54.9. The molecule has 18 heteroatoms. The van der Waals surface area contributed by atoms with E-state index in [1.54, 1.807) is 0 Å². The summed E-state index contributed by atoms with van der Waals surface area (Å²) in [7, 11) is 1.53. The van der Waals surface area contributed by atoms with Gasteiger partial charge in [0.25, 0.3) is 0 Å². The van der Waals surface area contributed by atoms with E-state index >= 15 is 0 Å². The van der Waals surface area contributed by atoms with Crippen LogP contribution in [-0.4, -0.2) is 144 Å². The zero-order chi connectivity index (χ0) is 40.3. The number of phenols is 2. The van der Waals surface area contributed by atoms with E-state index in [1.807, 2.05) is 6.92 Å². The second kappa shape index (κ2) is 15.6. The second-order valence-corrected chi connectivity index (χ2v) is 15.3. The lowest BCUT2D eigenvalue weighted by atomic mass is 9.71. The summed E-state index contributed by atoms with van der Waals surface area (Å²) < 4.78 is 47.3. The Hall–Kier alpha value is -4.08. The number of Topliss-reactive ketones (excluding diaryl/α,β-unsaturated/α-hetero) is 1. The molecule has 308 valence electrons. The van der Waals surface area contributed by atoms with Crippen LogP contribution in [0, 0.1) is 0 Å². The van der Waals surface area contributed by atoms with E-state index in [4.69, 9.17) is 48.7 Å². The molecule has 2 aromatic carbocycles. The number of morpholine rings is 1. The van der Waals surface area contributed by atoms with Crippen molar-refractivity contribution >= 4 is 29.0 Å². The summed E-state index contributed by atoms with van der Waals surface area (Å²) >= 11 is 0. The van der Waals surface area contributed by atoms with Gasteiger partial charge in [0.05, 0.1) is 48.2 Å². The Bertz CT molecular complexity index is 1960. The zero-order valence-corrected chi connectivity index (χ0v) is 31.4. The number of aliphatic carboxylic acids is 1. The molecule has 4 fully saturated rings. The predicted molar refractivity (Wildman–Crippen MR) is 191 cm³/mol. The molecule has 0 saturated carbocycles. The third-order valence-electron chi connectivity index (χ3n) is 11.8. The summed E-state index contributed by atoms with van der Waals surface area (Å²) in [5.74, 6) is -4.80. The number of nitrogens with two attached hydrogens (primary N) is 1. The molecule has 4 heterocycles. The first-order valence-electron chi connectivity index (χ1n) is 19.1. The van der Waals surface area contributed by atoms with Crippen LogP contribution in [0.4, 0.5) is 5.69 Å². The highest BCUT2D eigenvalue weighted by atomic mass is 16.7. The highest BCUT2D eigenvalue weighted by Gasteiger charge is 2.55.